The molecule has 0 spiro atoms. The van der Waals surface area contributed by atoms with E-state index in [0.717, 1.165) is 36.8 Å². The number of pyridine rings is 1. The Morgan fingerprint density at radius 2 is 2.11 bits per heavy atom. The quantitative estimate of drug-likeness (QED) is 0.891. The predicted octanol–water partition coefficient (Wildman–Crippen LogP) is 3.16. The van der Waals surface area contributed by atoms with Crippen molar-refractivity contribution in [3.8, 4) is 0 Å². The third-order valence-electron chi connectivity index (χ3n) is 4.00. The van der Waals surface area contributed by atoms with Crippen molar-refractivity contribution in [2.45, 2.75) is 57.7 Å². The van der Waals surface area contributed by atoms with Gasteiger partial charge in [-0.15, -0.1) is 0 Å². The normalized spacial score (nSPS) is 20.6. The van der Waals surface area contributed by atoms with E-state index in [1.54, 1.807) is 12.4 Å². The average Bonchev–Trinajstić information content (AvgIpc) is 2.40. The molecule has 0 aromatic carbocycles. The molecule has 18 heavy (non-hydrogen) atoms. The van der Waals surface area contributed by atoms with Crippen molar-refractivity contribution in [2.75, 3.05) is 6.61 Å². The van der Waals surface area contributed by atoms with Gasteiger partial charge in [-0.3, -0.25) is 4.98 Å². The lowest BCUT2D eigenvalue weighted by molar-refractivity contribution is -0.142. The summed E-state index contributed by atoms with van der Waals surface area (Å²) >= 11 is 0. The fourth-order valence-electron chi connectivity index (χ4n) is 2.98. The summed E-state index contributed by atoms with van der Waals surface area (Å²) in [7, 11) is 0. The first kappa shape index (κ1) is 13.5. The molecule has 1 fully saturated rings. The first-order chi connectivity index (χ1) is 8.69. The van der Waals surface area contributed by atoms with Gasteiger partial charge in [0.25, 0.3) is 0 Å². The van der Waals surface area contributed by atoms with Gasteiger partial charge in [0.1, 0.15) is 6.10 Å². The van der Waals surface area contributed by atoms with Gasteiger partial charge in [-0.1, -0.05) is 19.3 Å². The molecule has 0 amide bonds. The molecular formula is C15H23NO2. The van der Waals surface area contributed by atoms with Crippen LogP contribution in [0.1, 0.15) is 56.3 Å². The van der Waals surface area contributed by atoms with E-state index in [4.69, 9.17) is 4.74 Å². The first-order valence-corrected chi connectivity index (χ1v) is 6.92. The van der Waals surface area contributed by atoms with Crippen molar-refractivity contribution in [3.05, 3.63) is 29.6 Å². The van der Waals surface area contributed by atoms with Crippen LogP contribution in [0.2, 0.25) is 0 Å². The van der Waals surface area contributed by atoms with Crippen LogP contribution in [-0.2, 0) is 4.74 Å². The van der Waals surface area contributed by atoms with Gasteiger partial charge >= 0.3 is 0 Å². The second kappa shape index (κ2) is 5.81. The number of aliphatic hydroxyl groups excluding tert-OH is 1. The molecule has 1 saturated carbocycles. The van der Waals surface area contributed by atoms with E-state index in [9.17, 15) is 5.11 Å². The summed E-state index contributed by atoms with van der Waals surface area (Å²) in [5.74, 6) is 0. The van der Waals surface area contributed by atoms with Gasteiger partial charge in [0, 0.05) is 24.6 Å². The molecule has 3 heteroatoms. The Kier molecular flexibility index (Phi) is 4.36. The van der Waals surface area contributed by atoms with E-state index in [2.05, 4.69) is 4.98 Å². The zero-order valence-corrected chi connectivity index (χ0v) is 11.4. The molecule has 1 unspecified atom stereocenters. The van der Waals surface area contributed by atoms with E-state index in [-0.39, 0.29) is 0 Å². The molecule has 0 radical (unpaired) electrons. The molecule has 1 heterocycles. The molecule has 0 saturated heterocycles. The second-order valence-electron chi connectivity index (χ2n) is 5.19. The van der Waals surface area contributed by atoms with Crippen LogP contribution < -0.4 is 0 Å². The van der Waals surface area contributed by atoms with Gasteiger partial charge in [0.05, 0.1) is 5.60 Å². The van der Waals surface area contributed by atoms with Crippen molar-refractivity contribution < 1.29 is 9.84 Å². The number of aliphatic hydroxyl groups is 1. The summed E-state index contributed by atoms with van der Waals surface area (Å²) in [5.41, 5.74) is 1.59. The second-order valence-corrected chi connectivity index (χ2v) is 5.19. The molecule has 0 bridgehead atoms. The van der Waals surface area contributed by atoms with Gasteiger partial charge in [-0.25, -0.2) is 0 Å². The van der Waals surface area contributed by atoms with Crippen LogP contribution in [0.5, 0.6) is 0 Å². The van der Waals surface area contributed by atoms with Gasteiger partial charge in [-0.05, 0) is 38.3 Å². The third kappa shape index (κ3) is 2.57. The molecule has 1 aromatic heterocycles. The standard InChI is InChI=1S/C15H23NO2/c1-3-18-15(8-5-4-6-9-15)14(17)13-11-16-10-7-12(13)2/h7,10-11,14,17H,3-6,8-9H2,1-2H3. The Bertz CT molecular complexity index is 380. The maximum Gasteiger partial charge on any atom is 0.110 e. The zero-order chi connectivity index (χ0) is 13.0. The molecule has 2 rings (SSSR count). The Balaban J connectivity index is 2.28. The Morgan fingerprint density at radius 1 is 1.39 bits per heavy atom. The Labute approximate surface area is 109 Å². The highest BCUT2D eigenvalue weighted by Crippen LogP contribution is 2.42. The maximum atomic E-state index is 10.7. The lowest BCUT2D eigenvalue weighted by Crippen LogP contribution is -2.41. The molecule has 0 aliphatic heterocycles. The Morgan fingerprint density at radius 3 is 2.72 bits per heavy atom. The summed E-state index contributed by atoms with van der Waals surface area (Å²) in [4.78, 5) is 4.14. The molecule has 1 aliphatic rings. The number of hydrogen-bond donors (Lipinski definition) is 1. The lowest BCUT2D eigenvalue weighted by atomic mass is 9.77. The van der Waals surface area contributed by atoms with Crippen molar-refractivity contribution in [1.29, 1.82) is 0 Å². The summed E-state index contributed by atoms with van der Waals surface area (Å²) in [6.45, 7) is 4.66. The number of ether oxygens (including phenoxy) is 1. The van der Waals surface area contributed by atoms with E-state index in [0.29, 0.717) is 6.61 Å². The van der Waals surface area contributed by atoms with Gasteiger partial charge in [-0.2, -0.15) is 0 Å². The molecule has 3 nitrogen and oxygen atoms in total. The number of aromatic nitrogens is 1. The van der Waals surface area contributed by atoms with Crippen LogP contribution in [0.4, 0.5) is 0 Å². The number of rotatable bonds is 4. The van der Waals surface area contributed by atoms with Gasteiger partial charge in [0.2, 0.25) is 0 Å². The molecule has 100 valence electrons. The van der Waals surface area contributed by atoms with Crippen LogP contribution in [0.15, 0.2) is 18.5 Å². The molecule has 1 aromatic rings. The van der Waals surface area contributed by atoms with Crippen LogP contribution >= 0.6 is 0 Å². The topological polar surface area (TPSA) is 42.4 Å². The summed E-state index contributed by atoms with van der Waals surface area (Å²) in [5, 5.41) is 10.7. The summed E-state index contributed by atoms with van der Waals surface area (Å²) < 4.78 is 5.96. The molecule has 1 aliphatic carbocycles. The van der Waals surface area contributed by atoms with E-state index in [1.165, 1.54) is 6.42 Å². The fraction of sp³-hybridized carbons (Fsp3) is 0.667. The largest absolute Gasteiger partial charge is 0.385 e. The average molecular weight is 249 g/mol. The van der Waals surface area contributed by atoms with E-state index in [1.807, 2.05) is 19.9 Å². The highest BCUT2D eigenvalue weighted by molar-refractivity contribution is 5.26. The van der Waals surface area contributed by atoms with Crippen molar-refractivity contribution in [1.82, 2.24) is 4.98 Å². The van der Waals surface area contributed by atoms with Crippen LogP contribution in [0, 0.1) is 6.92 Å². The number of aryl methyl sites for hydroxylation is 1. The minimum absolute atomic E-state index is 0.402. The summed E-state index contributed by atoms with van der Waals surface area (Å²) in [6.07, 6.45) is 8.37. The van der Waals surface area contributed by atoms with Crippen molar-refractivity contribution >= 4 is 0 Å². The van der Waals surface area contributed by atoms with Crippen LogP contribution in [0.25, 0.3) is 0 Å². The maximum absolute atomic E-state index is 10.7. The molecular weight excluding hydrogens is 226 g/mol. The van der Waals surface area contributed by atoms with Crippen molar-refractivity contribution in [3.63, 3.8) is 0 Å². The molecule has 1 N–H and O–H groups in total. The predicted molar refractivity (Wildman–Crippen MR) is 71.4 cm³/mol. The monoisotopic (exact) mass is 249 g/mol. The SMILES string of the molecule is CCOC1(C(O)c2cnccc2C)CCCCC1. The van der Waals surface area contributed by atoms with E-state index >= 15 is 0 Å². The smallest absolute Gasteiger partial charge is 0.110 e. The first-order valence-electron chi connectivity index (χ1n) is 6.92. The van der Waals surface area contributed by atoms with E-state index < -0.39 is 11.7 Å². The van der Waals surface area contributed by atoms with Gasteiger partial charge < -0.3 is 9.84 Å². The van der Waals surface area contributed by atoms with Gasteiger partial charge in [0.15, 0.2) is 0 Å². The molecule has 1 atom stereocenters. The third-order valence-corrected chi connectivity index (χ3v) is 4.00. The van der Waals surface area contributed by atoms with Crippen LogP contribution in [-0.4, -0.2) is 22.3 Å². The van der Waals surface area contributed by atoms with Crippen molar-refractivity contribution in [2.24, 2.45) is 0 Å². The van der Waals surface area contributed by atoms with Crippen LogP contribution in [0.3, 0.4) is 0 Å². The lowest BCUT2D eigenvalue weighted by Gasteiger charge is -2.41. The highest BCUT2D eigenvalue weighted by Gasteiger charge is 2.41. The number of hydrogen-bond acceptors (Lipinski definition) is 3. The zero-order valence-electron chi connectivity index (χ0n) is 11.4. The minimum atomic E-state index is -0.563. The summed E-state index contributed by atoms with van der Waals surface area (Å²) in [6, 6.07) is 1.95. The highest BCUT2D eigenvalue weighted by atomic mass is 16.5. The number of nitrogens with zero attached hydrogens (tertiary/aromatic N) is 1. The Hall–Kier alpha value is -0.930. The minimum Gasteiger partial charge on any atom is -0.385 e. The fourth-order valence-corrected chi connectivity index (χ4v) is 2.98.